The van der Waals surface area contributed by atoms with Gasteiger partial charge in [0.15, 0.2) is 4.96 Å². The second kappa shape index (κ2) is 8.03. The molecule has 0 aliphatic carbocycles. The van der Waals surface area contributed by atoms with Crippen molar-refractivity contribution < 1.29 is 4.79 Å². The first kappa shape index (κ1) is 17.9. The average molecular weight is 415 g/mol. The lowest BCUT2D eigenvalue weighted by atomic mass is 10.2. The van der Waals surface area contributed by atoms with Crippen molar-refractivity contribution in [2.75, 3.05) is 11.1 Å². The lowest BCUT2D eigenvalue weighted by molar-refractivity contribution is -0.113. The number of hydrogen-bond acceptors (Lipinski definition) is 7. The Bertz CT molecular complexity index is 1130. The van der Waals surface area contributed by atoms with Crippen LogP contribution in [-0.4, -0.2) is 26.0 Å². The Morgan fingerprint density at radius 1 is 1.22 bits per heavy atom. The van der Waals surface area contributed by atoms with E-state index in [1.54, 1.807) is 23.7 Å². The highest BCUT2D eigenvalue weighted by atomic mass is 32.2. The van der Waals surface area contributed by atoms with Crippen molar-refractivity contribution in [1.82, 2.24) is 14.4 Å². The van der Waals surface area contributed by atoms with E-state index in [1.165, 1.54) is 33.6 Å². The molecule has 0 aliphatic heterocycles. The third kappa shape index (κ3) is 4.26. The lowest BCUT2D eigenvalue weighted by Gasteiger charge is -2.06. The van der Waals surface area contributed by atoms with Crippen LogP contribution in [0.5, 0.6) is 0 Å². The first-order valence-electron chi connectivity index (χ1n) is 8.02. The largest absolute Gasteiger partial charge is 0.325 e. The van der Waals surface area contributed by atoms with Gasteiger partial charge in [-0.1, -0.05) is 12.1 Å². The first-order chi connectivity index (χ1) is 13.2. The summed E-state index contributed by atoms with van der Waals surface area (Å²) in [5.74, 6) is 0.702. The molecule has 27 heavy (non-hydrogen) atoms. The van der Waals surface area contributed by atoms with Gasteiger partial charge >= 0.3 is 0 Å². The second-order valence-corrected chi connectivity index (χ2v) is 8.35. The van der Waals surface area contributed by atoms with Crippen LogP contribution in [0.1, 0.15) is 5.69 Å². The molecule has 136 valence electrons. The van der Waals surface area contributed by atoms with Crippen LogP contribution in [0.25, 0.3) is 15.5 Å². The molecule has 9 heteroatoms. The zero-order valence-corrected chi connectivity index (χ0v) is 16.4. The van der Waals surface area contributed by atoms with E-state index in [0.717, 1.165) is 16.3 Å². The maximum Gasteiger partial charge on any atom is 0.258 e. The van der Waals surface area contributed by atoms with E-state index in [4.69, 9.17) is 0 Å². The summed E-state index contributed by atoms with van der Waals surface area (Å²) in [5.41, 5.74) is 2.31. The third-order valence-corrected chi connectivity index (χ3v) is 6.21. The Hall–Kier alpha value is -2.49. The molecule has 3 heterocycles. The summed E-state index contributed by atoms with van der Waals surface area (Å²) < 4.78 is 1.51. The fourth-order valence-corrected chi connectivity index (χ4v) is 4.59. The van der Waals surface area contributed by atoms with Crippen molar-refractivity contribution in [1.29, 1.82) is 0 Å². The standard InChI is InChI=1S/C18H14N4O2S3/c23-15(20-13-3-1-2-12(8-13)17-19-4-6-26-17)11-25-10-14-9-16(24)22-5-7-27-18(22)21-14/h1-9H,10-11H2,(H,20,23). The van der Waals surface area contributed by atoms with Gasteiger partial charge in [0, 0.05) is 46.2 Å². The molecular formula is C18H14N4O2S3. The van der Waals surface area contributed by atoms with E-state index in [0.29, 0.717) is 16.4 Å². The highest BCUT2D eigenvalue weighted by Gasteiger charge is 2.08. The van der Waals surface area contributed by atoms with Crippen molar-refractivity contribution in [2.45, 2.75) is 5.75 Å². The highest BCUT2D eigenvalue weighted by Crippen LogP contribution is 2.24. The normalized spacial score (nSPS) is 11.0. The van der Waals surface area contributed by atoms with Gasteiger partial charge in [-0.25, -0.2) is 9.97 Å². The molecule has 0 saturated carbocycles. The molecule has 0 spiro atoms. The predicted octanol–water partition coefficient (Wildman–Crippen LogP) is 3.75. The van der Waals surface area contributed by atoms with Crippen LogP contribution >= 0.6 is 34.4 Å². The first-order valence-corrected chi connectivity index (χ1v) is 10.9. The summed E-state index contributed by atoms with van der Waals surface area (Å²) in [6.45, 7) is 0. The number of amides is 1. The number of anilines is 1. The fourth-order valence-electron chi connectivity index (χ4n) is 2.50. The van der Waals surface area contributed by atoms with Gasteiger partial charge in [0.25, 0.3) is 5.56 Å². The van der Waals surface area contributed by atoms with E-state index < -0.39 is 0 Å². The number of thiazole rings is 2. The number of rotatable bonds is 6. The molecule has 0 saturated heterocycles. The van der Waals surface area contributed by atoms with Crippen molar-refractivity contribution in [2.24, 2.45) is 0 Å². The molecule has 0 atom stereocenters. The van der Waals surface area contributed by atoms with Gasteiger partial charge in [-0.3, -0.25) is 14.0 Å². The molecule has 4 aromatic rings. The lowest BCUT2D eigenvalue weighted by Crippen LogP contribution is -2.15. The van der Waals surface area contributed by atoms with Crippen LogP contribution in [0.15, 0.2) is 58.3 Å². The molecule has 0 bridgehead atoms. The van der Waals surface area contributed by atoms with Crippen LogP contribution < -0.4 is 10.9 Å². The van der Waals surface area contributed by atoms with Crippen molar-refractivity contribution in [3.63, 3.8) is 0 Å². The monoisotopic (exact) mass is 414 g/mol. The summed E-state index contributed by atoms with van der Waals surface area (Å²) in [5, 5.41) is 7.57. The SMILES string of the molecule is O=C(CSCc1cc(=O)n2ccsc2n1)Nc1cccc(-c2nccs2)c1. The summed E-state index contributed by atoms with van der Waals surface area (Å²) >= 11 is 4.40. The molecule has 4 rings (SSSR count). The highest BCUT2D eigenvalue weighted by molar-refractivity contribution is 7.99. The van der Waals surface area contributed by atoms with E-state index in [2.05, 4.69) is 15.3 Å². The van der Waals surface area contributed by atoms with E-state index >= 15 is 0 Å². The smallest absolute Gasteiger partial charge is 0.258 e. The van der Waals surface area contributed by atoms with Crippen molar-refractivity contribution in [3.05, 3.63) is 69.5 Å². The molecule has 1 amide bonds. The molecule has 6 nitrogen and oxygen atoms in total. The van der Waals surface area contributed by atoms with Gasteiger partial charge in [-0.2, -0.15) is 0 Å². The predicted molar refractivity (Wildman–Crippen MR) is 112 cm³/mol. The van der Waals surface area contributed by atoms with E-state index in [9.17, 15) is 9.59 Å². The molecule has 0 radical (unpaired) electrons. The Balaban J connectivity index is 1.34. The number of fused-ring (bicyclic) bond motifs is 1. The van der Waals surface area contributed by atoms with Crippen LogP contribution in [0.3, 0.4) is 0 Å². The van der Waals surface area contributed by atoms with Crippen LogP contribution in [0.2, 0.25) is 0 Å². The summed E-state index contributed by atoms with van der Waals surface area (Å²) in [6.07, 6.45) is 3.47. The average Bonchev–Trinajstić information content (AvgIpc) is 3.34. The molecule has 3 aromatic heterocycles. The van der Waals surface area contributed by atoms with Gasteiger partial charge in [0.2, 0.25) is 5.91 Å². The summed E-state index contributed by atoms with van der Waals surface area (Å²) in [7, 11) is 0. The molecule has 0 fully saturated rings. The molecule has 0 unspecified atom stereocenters. The maximum absolute atomic E-state index is 12.2. The number of nitrogens with one attached hydrogen (secondary N) is 1. The zero-order chi connectivity index (χ0) is 18.6. The molecule has 1 N–H and O–H groups in total. The zero-order valence-electron chi connectivity index (χ0n) is 14.0. The second-order valence-electron chi connectivity index (χ2n) is 5.60. The minimum atomic E-state index is -0.0969. The van der Waals surface area contributed by atoms with Crippen molar-refractivity contribution in [3.8, 4) is 10.6 Å². The van der Waals surface area contributed by atoms with E-state index in [1.807, 2.05) is 35.0 Å². The van der Waals surface area contributed by atoms with Crippen LogP contribution in [0, 0.1) is 0 Å². The quantitative estimate of drug-likeness (QED) is 0.520. The van der Waals surface area contributed by atoms with E-state index in [-0.39, 0.29) is 17.2 Å². The Kier molecular flexibility index (Phi) is 5.33. The summed E-state index contributed by atoms with van der Waals surface area (Å²) in [6, 6.07) is 9.14. The van der Waals surface area contributed by atoms with Gasteiger partial charge < -0.3 is 5.32 Å². The van der Waals surface area contributed by atoms with Gasteiger partial charge in [-0.15, -0.1) is 34.4 Å². The number of thioether (sulfide) groups is 1. The van der Waals surface area contributed by atoms with Crippen LogP contribution in [-0.2, 0) is 10.5 Å². The number of nitrogens with zero attached hydrogens (tertiary/aromatic N) is 3. The number of aromatic nitrogens is 3. The number of benzene rings is 1. The Morgan fingerprint density at radius 3 is 3.00 bits per heavy atom. The van der Waals surface area contributed by atoms with Gasteiger partial charge in [0.05, 0.1) is 11.4 Å². The Labute approximate surface area is 166 Å². The molecule has 0 aliphatic rings. The maximum atomic E-state index is 12.2. The Morgan fingerprint density at radius 2 is 2.15 bits per heavy atom. The summed E-state index contributed by atoms with van der Waals surface area (Å²) in [4.78, 5) is 33.6. The molecular weight excluding hydrogens is 400 g/mol. The van der Waals surface area contributed by atoms with Gasteiger partial charge in [-0.05, 0) is 12.1 Å². The van der Waals surface area contributed by atoms with Crippen molar-refractivity contribution >= 4 is 51.0 Å². The number of carbonyl (C=O) groups excluding carboxylic acids is 1. The fraction of sp³-hybridized carbons (Fsp3) is 0.111. The topological polar surface area (TPSA) is 76.4 Å². The van der Waals surface area contributed by atoms with Crippen LogP contribution in [0.4, 0.5) is 5.69 Å². The minimum Gasteiger partial charge on any atom is -0.325 e. The third-order valence-electron chi connectivity index (χ3n) is 3.66. The van der Waals surface area contributed by atoms with Gasteiger partial charge in [0.1, 0.15) is 5.01 Å². The minimum absolute atomic E-state index is 0.0924. The number of hydrogen-bond donors (Lipinski definition) is 1. The molecule has 1 aromatic carbocycles. The number of carbonyl (C=O) groups is 1.